The van der Waals surface area contributed by atoms with Crippen LogP contribution in [0.5, 0.6) is 0 Å². The van der Waals surface area contributed by atoms with E-state index in [1.54, 1.807) is 12.1 Å². The average Bonchev–Trinajstić information content (AvgIpc) is 3.17. The van der Waals surface area contributed by atoms with E-state index in [2.05, 4.69) is 36.8 Å². The fourth-order valence-corrected chi connectivity index (χ4v) is 3.89. The van der Waals surface area contributed by atoms with E-state index in [0.29, 0.717) is 23.1 Å². The summed E-state index contributed by atoms with van der Waals surface area (Å²) < 4.78 is 2.86. The highest BCUT2D eigenvalue weighted by molar-refractivity contribution is 9.10. The minimum Gasteiger partial charge on any atom is -0.342 e. The average molecular weight is 488 g/mol. The van der Waals surface area contributed by atoms with Gasteiger partial charge in [-0.2, -0.15) is 0 Å². The molecule has 7 nitrogen and oxygen atoms in total. The van der Waals surface area contributed by atoms with Gasteiger partial charge < -0.3 is 15.2 Å². The number of hydrogen-bond acceptors (Lipinski definition) is 5. The molecule has 0 radical (unpaired) electrons. The maximum absolute atomic E-state index is 12.4. The number of hydrogen-bond donors (Lipinski definition) is 2. The number of amides is 2. The zero-order valence-corrected chi connectivity index (χ0v) is 19.0. The van der Waals surface area contributed by atoms with E-state index in [-0.39, 0.29) is 23.6 Å². The Morgan fingerprint density at radius 1 is 1.10 bits per heavy atom. The molecular weight excluding hydrogens is 466 g/mol. The van der Waals surface area contributed by atoms with Crippen molar-refractivity contribution in [1.82, 2.24) is 20.1 Å². The Morgan fingerprint density at radius 2 is 1.80 bits per heavy atom. The fourth-order valence-electron chi connectivity index (χ4n) is 2.82. The number of nitrogens with one attached hydrogen (secondary N) is 2. The monoisotopic (exact) mass is 487 g/mol. The number of rotatable bonds is 8. The Labute approximate surface area is 187 Å². The summed E-state index contributed by atoms with van der Waals surface area (Å²) in [6, 6.07) is 16.1. The first-order valence-electron chi connectivity index (χ1n) is 9.45. The van der Waals surface area contributed by atoms with Crippen LogP contribution in [0.25, 0.3) is 0 Å². The van der Waals surface area contributed by atoms with Crippen molar-refractivity contribution in [2.24, 2.45) is 0 Å². The zero-order valence-electron chi connectivity index (χ0n) is 16.6. The van der Waals surface area contributed by atoms with Crippen molar-refractivity contribution in [3.8, 4) is 0 Å². The van der Waals surface area contributed by atoms with Gasteiger partial charge in [0.15, 0.2) is 11.0 Å². The van der Waals surface area contributed by atoms with Crippen LogP contribution in [0, 0.1) is 0 Å². The lowest BCUT2D eigenvalue weighted by Crippen LogP contribution is -2.28. The molecule has 0 bridgehead atoms. The molecule has 3 aromatic rings. The highest BCUT2D eigenvalue weighted by atomic mass is 79.9. The predicted molar refractivity (Wildman–Crippen MR) is 122 cm³/mol. The molecule has 0 spiro atoms. The van der Waals surface area contributed by atoms with Crippen molar-refractivity contribution in [2.75, 3.05) is 11.1 Å². The Hall–Kier alpha value is -2.65. The summed E-state index contributed by atoms with van der Waals surface area (Å²) in [7, 11) is 0. The smallest absolute Gasteiger partial charge is 0.251 e. The van der Waals surface area contributed by atoms with Gasteiger partial charge in [-0.3, -0.25) is 9.59 Å². The second kappa shape index (κ2) is 10.4. The van der Waals surface area contributed by atoms with Crippen molar-refractivity contribution < 1.29 is 9.59 Å². The van der Waals surface area contributed by atoms with Crippen molar-refractivity contribution in [1.29, 1.82) is 0 Å². The van der Waals surface area contributed by atoms with Crippen LogP contribution in [-0.2, 0) is 11.3 Å². The van der Waals surface area contributed by atoms with Crippen molar-refractivity contribution in [2.45, 2.75) is 31.6 Å². The van der Waals surface area contributed by atoms with Gasteiger partial charge in [0.05, 0.1) is 11.8 Å². The Bertz CT molecular complexity index is 1010. The van der Waals surface area contributed by atoms with Gasteiger partial charge in [-0.1, -0.05) is 45.9 Å². The largest absolute Gasteiger partial charge is 0.342 e. The van der Waals surface area contributed by atoms with Crippen LogP contribution in [-0.4, -0.2) is 32.3 Å². The first-order chi connectivity index (χ1) is 14.5. The molecule has 0 aliphatic rings. The Morgan fingerprint density at radius 3 is 2.47 bits per heavy atom. The zero-order chi connectivity index (χ0) is 21.5. The third-order valence-corrected chi connectivity index (χ3v) is 5.79. The molecule has 0 saturated carbocycles. The molecule has 9 heteroatoms. The standard InChI is InChI=1S/C21H22BrN5O2S/c1-3-27-19(14(2)23-20(29)15-7-5-4-6-8-15)25-26-21(27)30-13-18(28)24-17-11-9-16(22)10-12-17/h4-12,14H,3,13H2,1-2H3,(H,23,29)(H,24,28)/t14-/m1/s1. The quantitative estimate of drug-likeness (QED) is 0.462. The molecule has 1 heterocycles. The molecule has 156 valence electrons. The van der Waals surface area contributed by atoms with E-state index in [1.807, 2.05) is 60.9 Å². The van der Waals surface area contributed by atoms with Crippen LogP contribution in [0.15, 0.2) is 64.2 Å². The molecule has 0 fully saturated rings. The topological polar surface area (TPSA) is 88.9 Å². The molecule has 2 aromatic carbocycles. The number of benzene rings is 2. The lowest BCUT2D eigenvalue weighted by atomic mass is 10.2. The van der Waals surface area contributed by atoms with Gasteiger partial charge in [0.2, 0.25) is 5.91 Å². The molecule has 1 atom stereocenters. The summed E-state index contributed by atoms with van der Waals surface area (Å²) in [4.78, 5) is 24.7. The molecule has 0 aliphatic carbocycles. The first kappa shape index (κ1) is 22.0. The lowest BCUT2D eigenvalue weighted by Gasteiger charge is -2.15. The van der Waals surface area contributed by atoms with Gasteiger partial charge in [-0.05, 0) is 50.2 Å². The summed E-state index contributed by atoms with van der Waals surface area (Å²) in [5.74, 6) is 0.563. The predicted octanol–water partition coefficient (Wildman–Crippen LogP) is 4.28. The number of halogens is 1. The van der Waals surface area contributed by atoms with Crippen molar-refractivity contribution in [3.05, 3.63) is 70.5 Å². The fraction of sp³-hybridized carbons (Fsp3) is 0.238. The van der Waals surface area contributed by atoms with E-state index >= 15 is 0 Å². The van der Waals surface area contributed by atoms with Crippen LogP contribution < -0.4 is 10.6 Å². The van der Waals surface area contributed by atoms with E-state index in [9.17, 15) is 9.59 Å². The molecule has 3 rings (SSSR count). The Balaban J connectivity index is 1.61. The van der Waals surface area contributed by atoms with Crippen LogP contribution in [0.2, 0.25) is 0 Å². The number of aromatic nitrogens is 3. The molecule has 1 aromatic heterocycles. The number of anilines is 1. The van der Waals surface area contributed by atoms with Gasteiger partial charge in [0.25, 0.3) is 5.91 Å². The van der Waals surface area contributed by atoms with Crippen LogP contribution in [0.3, 0.4) is 0 Å². The van der Waals surface area contributed by atoms with Crippen LogP contribution >= 0.6 is 27.7 Å². The molecule has 0 saturated heterocycles. The second-order valence-electron chi connectivity index (χ2n) is 6.49. The SMILES string of the molecule is CCn1c(SCC(=O)Nc2ccc(Br)cc2)nnc1[C@@H](C)NC(=O)c1ccccc1. The van der Waals surface area contributed by atoms with Crippen LogP contribution in [0.1, 0.15) is 36.1 Å². The molecule has 2 amide bonds. The summed E-state index contributed by atoms with van der Waals surface area (Å²) in [5.41, 5.74) is 1.32. The third kappa shape index (κ3) is 5.70. The number of nitrogens with zero attached hydrogens (tertiary/aromatic N) is 3. The summed E-state index contributed by atoms with van der Waals surface area (Å²) in [5, 5.41) is 14.9. The van der Waals surface area contributed by atoms with Crippen molar-refractivity contribution >= 4 is 45.2 Å². The number of carbonyl (C=O) groups is 2. The highest BCUT2D eigenvalue weighted by Crippen LogP contribution is 2.21. The summed E-state index contributed by atoms with van der Waals surface area (Å²) in [6.45, 7) is 4.47. The number of carbonyl (C=O) groups excluding carboxylic acids is 2. The van der Waals surface area contributed by atoms with Crippen molar-refractivity contribution in [3.63, 3.8) is 0 Å². The van der Waals surface area contributed by atoms with Gasteiger partial charge in [0, 0.05) is 22.3 Å². The van der Waals surface area contributed by atoms with Gasteiger partial charge in [-0.15, -0.1) is 10.2 Å². The number of thioether (sulfide) groups is 1. The molecule has 0 aliphatic heterocycles. The lowest BCUT2D eigenvalue weighted by molar-refractivity contribution is -0.113. The second-order valence-corrected chi connectivity index (χ2v) is 8.35. The molecular formula is C21H22BrN5O2S. The molecule has 30 heavy (non-hydrogen) atoms. The minimum absolute atomic E-state index is 0.125. The van der Waals surface area contributed by atoms with E-state index < -0.39 is 0 Å². The van der Waals surface area contributed by atoms with E-state index in [0.717, 1.165) is 10.2 Å². The maximum atomic E-state index is 12.4. The van der Waals surface area contributed by atoms with E-state index in [1.165, 1.54) is 11.8 Å². The maximum Gasteiger partial charge on any atom is 0.251 e. The molecule has 2 N–H and O–H groups in total. The minimum atomic E-state index is -0.323. The van der Waals surface area contributed by atoms with Gasteiger partial charge in [-0.25, -0.2) is 0 Å². The first-order valence-corrected chi connectivity index (χ1v) is 11.2. The normalized spacial score (nSPS) is 11.7. The van der Waals surface area contributed by atoms with E-state index in [4.69, 9.17) is 0 Å². The third-order valence-electron chi connectivity index (χ3n) is 4.29. The van der Waals surface area contributed by atoms with Gasteiger partial charge in [0.1, 0.15) is 0 Å². The summed E-state index contributed by atoms with van der Waals surface area (Å²) in [6.07, 6.45) is 0. The highest BCUT2D eigenvalue weighted by Gasteiger charge is 2.20. The van der Waals surface area contributed by atoms with Gasteiger partial charge >= 0.3 is 0 Å². The Kier molecular flexibility index (Phi) is 7.64. The molecule has 0 unspecified atom stereocenters. The van der Waals surface area contributed by atoms with Crippen LogP contribution in [0.4, 0.5) is 5.69 Å². The summed E-state index contributed by atoms with van der Waals surface area (Å²) >= 11 is 4.68.